The summed E-state index contributed by atoms with van der Waals surface area (Å²) in [7, 11) is 2.09. The van der Waals surface area contributed by atoms with Crippen molar-refractivity contribution in [2.75, 3.05) is 20.1 Å². The third kappa shape index (κ3) is 7.93. The molecule has 4 N–H and O–H groups in total. The van der Waals surface area contributed by atoms with E-state index in [1.165, 1.54) is 11.6 Å². The summed E-state index contributed by atoms with van der Waals surface area (Å²) in [5.41, 5.74) is 6.86. The van der Waals surface area contributed by atoms with E-state index in [2.05, 4.69) is 34.7 Å². The van der Waals surface area contributed by atoms with Gasteiger partial charge >= 0.3 is 0 Å². The Hall–Kier alpha value is -2.18. The van der Waals surface area contributed by atoms with Gasteiger partial charge in [0.25, 0.3) is 0 Å². The molecule has 148 valence electrons. The van der Waals surface area contributed by atoms with Crippen molar-refractivity contribution < 1.29 is 9.59 Å². The van der Waals surface area contributed by atoms with Crippen molar-refractivity contribution in [2.24, 2.45) is 5.73 Å². The van der Waals surface area contributed by atoms with Crippen LogP contribution in [0.5, 0.6) is 0 Å². The smallest absolute Gasteiger partial charge is 0.243 e. The van der Waals surface area contributed by atoms with Crippen LogP contribution in [0.15, 0.2) is 42.5 Å². The van der Waals surface area contributed by atoms with Gasteiger partial charge in [0.05, 0.1) is 6.04 Å². The van der Waals surface area contributed by atoms with Gasteiger partial charge in [-0.05, 0) is 58.3 Å². The predicted octanol–water partition coefficient (Wildman–Crippen LogP) is 1.22. The summed E-state index contributed by atoms with van der Waals surface area (Å²) in [5.74, 6) is -0.322. The minimum atomic E-state index is -0.578. The molecule has 0 aromatic heterocycles. The molecule has 2 atom stereocenters. The Labute approximate surface area is 162 Å². The van der Waals surface area contributed by atoms with Gasteiger partial charge < -0.3 is 21.3 Å². The van der Waals surface area contributed by atoms with Crippen LogP contribution in [0, 0.1) is 0 Å². The van der Waals surface area contributed by atoms with E-state index in [9.17, 15) is 9.59 Å². The van der Waals surface area contributed by atoms with Gasteiger partial charge in [-0.1, -0.05) is 36.4 Å². The molecular formula is C21H32N4O2. The molecule has 1 heterocycles. The molecule has 1 aliphatic rings. The van der Waals surface area contributed by atoms with Crippen molar-refractivity contribution in [1.82, 2.24) is 15.5 Å². The maximum atomic E-state index is 12.2. The number of hydrogen-bond donors (Lipinski definition) is 3. The highest BCUT2D eigenvalue weighted by Gasteiger charge is 2.18. The third-order valence-electron chi connectivity index (χ3n) is 4.87. The summed E-state index contributed by atoms with van der Waals surface area (Å²) in [6.07, 6.45) is 6.76. The van der Waals surface area contributed by atoms with Gasteiger partial charge in [-0.3, -0.25) is 9.59 Å². The van der Waals surface area contributed by atoms with Crippen molar-refractivity contribution in [1.29, 1.82) is 0 Å². The van der Waals surface area contributed by atoms with Crippen LogP contribution in [0.2, 0.25) is 0 Å². The van der Waals surface area contributed by atoms with E-state index in [1.54, 1.807) is 13.0 Å². The van der Waals surface area contributed by atoms with Crippen molar-refractivity contribution in [3.63, 3.8) is 0 Å². The molecule has 27 heavy (non-hydrogen) atoms. The molecular weight excluding hydrogens is 340 g/mol. The summed E-state index contributed by atoms with van der Waals surface area (Å²) in [5, 5.41) is 5.97. The van der Waals surface area contributed by atoms with Gasteiger partial charge in [0.1, 0.15) is 0 Å². The standard InChI is InChI=1S/C21H32N4O2/c1-16(22)21(27)24-18(9-8-17-6-4-3-5-7-17)10-11-20(26)23-19-12-14-25(2)15-13-19/h3-7,10-11,16,18-19H,8-9,12-15,22H2,1-2H3,(H,23,26)(H,24,27)/b11-10+/t16-,18-/m0/s1. The highest BCUT2D eigenvalue weighted by atomic mass is 16.2. The number of likely N-dealkylation sites (tertiary alicyclic amines) is 1. The van der Waals surface area contributed by atoms with E-state index in [0.29, 0.717) is 6.42 Å². The van der Waals surface area contributed by atoms with Gasteiger partial charge in [-0.2, -0.15) is 0 Å². The summed E-state index contributed by atoms with van der Waals surface area (Å²) >= 11 is 0. The lowest BCUT2D eigenvalue weighted by Crippen LogP contribution is -2.44. The second-order valence-electron chi connectivity index (χ2n) is 7.37. The van der Waals surface area contributed by atoms with Gasteiger partial charge in [0.15, 0.2) is 0 Å². The van der Waals surface area contributed by atoms with Crippen molar-refractivity contribution in [3.05, 3.63) is 48.0 Å². The number of amides is 2. The number of aryl methyl sites for hydroxylation is 1. The molecule has 1 fully saturated rings. The SMILES string of the molecule is C[C@H](N)C(=O)N[C@H](/C=C/C(=O)NC1CCN(C)CC1)CCc1ccccc1. The monoisotopic (exact) mass is 372 g/mol. The predicted molar refractivity (Wildman–Crippen MR) is 108 cm³/mol. The van der Waals surface area contributed by atoms with Gasteiger partial charge in [0.2, 0.25) is 11.8 Å². The number of carbonyl (C=O) groups is 2. The molecule has 1 aliphatic heterocycles. The Balaban J connectivity index is 1.89. The first kappa shape index (κ1) is 21.1. The first-order valence-corrected chi connectivity index (χ1v) is 9.71. The number of nitrogens with zero attached hydrogens (tertiary/aromatic N) is 1. The fraction of sp³-hybridized carbons (Fsp3) is 0.524. The molecule has 2 amide bonds. The number of hydrogen-bond acceptors (Lipinski definition) is 4. The van der Waals surface area contributed by atoms with Crippen molar-refractivity contribution in [2.45, 2.75) is 50.7 Å². The Morgan fingerprint density at radius 1 is 1.26 bits per heavy atom. The Kier molecular flexibility index (Phi) is 8.48. The van der Waals surface area contributed by atoms with Crippen LogP contribution >= 0.6 is 0 Å². The number of piperidine rings is 1. The van der Waals surface area contributed by atoms with Gasteiger partial charge in [-0.15, -0.1) is 0 Å². The molecule has 0 unspecified atom stereocenters. The maximum absolute atomic E-state index is 12.2. The highest BCUT2D eigenvalue weighted by molar-refractivity contribution is 5.88. The van der Waals surface area contributed by atoms with E-state index in [-0.39, 0.29) is 23.9 Å². The number of benzene rings is 1. The first-order valence-electron chi connectivity index (χ1n) is 9.71. The lowest BCUT2D eigenvalue weighted by atomic mass is 10.0. The number of carbonyl (C=O) groups excluding carboxylic acids is 2. The number of nitrogens with two attached hydrogens (primary N) is 1. The van der Waals surface area contributed by atoms with Crippen LogP contribution in [0.1, 0.15) is 31.7 Å². The molecule has 1 aromatic carbocycles. The summed E-state index contributed by atoms with van der Waals surface area (Å²) in [4.78, 5) is 26.5. The van der Waals surface area contributed by atoms with Crippen molar-refractivity contribution in [3.8, 4) is 0 Å². The van der Waals surface area contributed by atoms with Crippen LogP contribution < -0.4 is 16.4 Å². The zero-order valence-corrected chi connectivity index (χ0v) is 16.4. The molecule has 2 rings (SSSR count). The summed E-state index contributed by atoms with van der Waals surface area (Å²) in [6, 6.07) is 9.50. The van der Waals surface area contributed by atoms with E-state index in [4.69, 9.17) is 5.73 Å². The average Bonchev–Trinajstić information content (AvgIpc) is 2.66. The van der Waals surface area contributed by atoms with Crippen molar-refractivity contribution >= 4 is 11.8 Å². The molecule has 1 saturated heterocycles. The Bertz CT molecular complexity index is 622. The molecule has 6 heteroatoms. The van der Waals surface area contributed by atoms with E-state index < -0.39 is 6.04 Å². The average molecular weight is 373 g/mol. The zero-order valence-electron chi connectivity index (χ0n) is 16.4. The fourth-order valence-corrected chi connectivity index (χ4v) is 3.10. The van der Waals surface area contributed by atoms with Crippen LogP contribution in [0.25, 0.3) is 0 Å². The Morgan fingerprint density at radius 2 is 1.93 bits per heavy atom. The summed E-state index contributed by atoms with van der Waals surface area (Å²) < 4.78 is 0. The molecule has 0 spiro atoms. The normalized spacial score (nSPS) is 18.2. The van der Waals surface area contributed by atoms with Crippen LogP contribution in [-0.2, 0) is 16.0 Å². The fourth-order valence-electron chi connectivity index (χ4n) is 3.10. The lowest BCUT2D eigenvalue weighted by Gasteiger charge is -2.29. The van der Waals surface area contributed by atoms with Crippen LogP contribution in [0.4, 0.5) is 0 Å². The first-order chi connectivity index (χ1) is 12.9. The minimum absolute atomic E-state index is 0.107. The number of nitrogens with one attached hydrogen (secondary N) is 2. The molecule has 0 bridgehead atoms. The Morgan fingerprint density at radius 3 is 2.56 bits per heavy atom. The largest absolute Gasteiger partial charge is 0.350 e. The van der Waals surface area contributed by atoms with Crippen LogP contribution in [0.3, 0.4) is 0 Å². The second kappa shape index (κ2) is 10.8. The second-order valence-corrected chi connectivity index (χ2v) is 7.37. The highest BCUT2D eigenvalue weighted by Crippen LogP contribution is 2.09. The van der Waals surface area contributed by atoms with Gasteiger partial charge in [0, 0.05) is 18.2 Å². The zero-order chi connectivity index (χ0) is 19.6. The maximum Gasteiger partial charge on any atom is 0.243 e. The van der Waals surface area contributed by atoms with Crippen LogP contribution in [-0.4, -0.2) is 55.0 Å². The molecule has 0 aliphatic carbocycles. The number of rotatable bonds is 8. The molecule has 0 radical (unpaired) electrons. The molecule has 0 saturated carbocycles. The third-order valence-corrected chi connectivity index (χ3v) is 4.87. The van der Waals surface area contributed by atoms with E-state index in [1.807, 2.05) is 18.2 Å². The van der Waals surface area contributed by atoms with E-state index >= 15 is 0 Å². The molecule has 6 nitrogen and oxygen atoms in total. The quantitative estimate of drug-likeness (QED) is 0.599. The van der Waals surface area contributed by atoms with E-state index in [0.717, 1.165) is 32.4 Å². The topological polar surface area (TPSA) is 87.5 Å². The summed E-state index contributed by atoms with van der Waals surface area (Å²) in [6.45, 7) is 3.65. The molecule has 1 aromatic rings. The minimum Gasteiger partial charge on any atom is -0.350 e. The lowest BCUT2D eigenvalue weighted by molar-refractivity contribution is -0.122. The van der Waals surface area contributed by atoms with Gasteiger partial charge in [-0.25, -0.2) is 0 Å².